The van der Waals surface area contributed by atoms with E-state index in [4.69, 9.17) is 0 Å². The highest BCUT2D eigenvalue weighted by Gasteiger charge is 2.36. The lowest BCUT2D eigenvalue weighted by atomic mass is 9.83. The van der Waals surface area contributed by atoms with E-state index in [1.807, 2.05) is 29.0 Å². The Balaban J connectivity index is 1.36. The van der Waals surface area contributed by atoms with Crippen molar-refractivity contribution in [2.75, 3.05) is 19.6 Å². The summed E-state index contributed by atoms with van der Waals surface area (Å²) >= 11 is 1.59. The Labute approximate surface area is 181 Å². The molecule has 7 nitrogen and oxygen atoms in total. The van der Waals surface area contributed by atoms with Crippen molar-refractivity contribution in [1.29, 1.82) is 0 Å². The van der Waals surface area contributed by atoms with E-state index >= 15 is 0 Å². The molecule has 0 saturated carbocycles. The first-order valence-electron chi connectivity index (χ1n) is 10.8. The van der Waals surface area contributed by atoms with Gasteiger partial charge in [-0.05, 0) is 51.9 Å². The van der Waals surface area contributed by atoms with Crippen LogP contribution in [0.2, 0.25) is 0 Å². The van der Waals surface area contributed by atoms with Gasteiger partial charge in [-0.15, -0.1) is 11.3 Å². The number of aromatic nitrogens is 3. The molecule has 0 aromatic carbocycles. The molecule has 1 atom stereocenters. The van der Waals surface area contributed by atoms with Crippen LogP contribution >= 0.6 is 11.3 Å². The lowest BCUT2D eigenvalue weighted by Crippen LogP contribution is -2.51. The second-order valence-corrected chi connectivity index (χ2v) is 9.42. The number of piperidine rings is 2. The highest BCUT2D eigenvalue weighted by atomic mass is 32.1. The molecule has 2 saturated heterocycles. The topological polar surface area (TPSA) is 79.3 Å². The maximum absolute atomic E-state index is 13.1. The minimum Gasteiger partial charge on any atom is -0.342 e. The van der Waals surface area contributed by atoms with Crippen molar-refractivity contribution in [2.45, 2.75) is 58.4 Å². The van der Waals surface area contributed by atoms with Crippen molar-refractivity contribution in [2.24, 2.45) is 5.92 Å². The summed E-state index contributed by atoms with van der Waals surface area (Å²) in [4.78, 5) is 42.7. The van der Waals surface area contributed by atoms with Gasteiger partial charge in [-0.3, -0.25) is 14.6 Å². The van der Waals surface area contributed by atoms with Crippen LogP contribution in [0.5, 0.6) is 0 Å². The van der Waals surface area contributed by atoms with Crippen LogP contribution in [-0.4, -0.2) is 62.2 Å². The van der Waals surface area contributed by atoms with Crippen LogP contribution in [0.4, 0.5) is 0 Å². The average molecular weight is 428 g/mol. The van der Waals surface area contributed by atoms with Gasteiger partial charge < -0.3 is 9.80 Å². The largest absolute Gasteiger partial charge is 0.342 e. The second-order valence-electron chi connectivity index (χ2n) is 8.36. The second kappa shape index (κ2) is 9.20. The number of nitrogens with zero attached hydrogens (tertiary/aromatic N) is 5. The summed E-state index contributed by atoms with van der Waals surface area (Å²) in [7, 11) is 0. The zero-order chi connectivity index (χ0) is 21.1. The molecular formula is C22H29N5O2S. The lowest BCUT2D eigenvalue weighted by Gasteiger charge is -2.43. The van der Waals surface area contributed by atoms with Crippen LogP contribution in [-0.2, 0) is 11.2 Å². The Morgan fingerprint density at radius 1 is 1.07 bits per heavy atom. The van der Waals surface area contributed by atoms with Gasteiger partial charge >= 0.3 is 0 Å². The quantitative estimate of drug-likeness (QED) is 0.749. The molecule has 0 unspecified atom stereocenters. The Bertz CT molecular complexity index is 889. The van der Waals surface area contributed by atoms with Crippen molar-refractivity contribution >= 4 is 23.2 Å². The SMILES string of the molecule is Cc1cnc(C(=O)N2CCCC[C@@H]2C2CCN(C(=O)Cc3csc(C)n3)CC2)cn1. The van der Waals surface area contributed by atoms with E-state index < -0.39 is 0 Å². The molecule has 0 aliphatic carbocycles. The molecule has 2 fully saturated rings. The molecule has 2 amide bonds. The number of carbonyl (C=O) groups is 2. The van der Waals surface area contributed by atoms with Crippen LogP contribution in [0.1, 0.15) is 59.0 Å². The van der Waals surface area contributed by atoms with Crippen molar-refractivity contribution in [3.8, 4) is 0 Å². The van der Waals surface area contributed by atoms with Crippen molar-refractivity contribution in [3.05, 3.63) is 39.9 Å². The van der Waals surface area contributed by atoms with E-state index in [9.17, 15) is 9.59 Å². The van der Waals surface area contributed by atoms with Gasteiger partial charge in [0.2, 0.25) is 5.91 Å². The normalized spacial score (nSPS) is 20.4. The first-order valence-corrected chi connectivity index (χ1v) is 11.7. The Kier molecular flexibility index (Phi) is 6.41. The van der Waals surface area contributed by atoms with Crippen LogP contribution in [0, 0.1) is 19.8 Å². The van der Waals surface area contributed by atoms with Gasteiger partial charge in [0.1, 0.15) is 5.69 Å². The summed E-state index contributed by atoms with van der Waals surface area (Å²) < 4.78 is 0. The van der Waals surface area contributed by atoms with E-state index in [2.05, 4.69) is 15.0 Å². The van der Waals surface area contributed by atoms with Gasteiger partial charge in [0.05, 0.1) is 29.0 Å². The minimum atomic E-state index is -0.00962. The van der Waals surface area contributed by atoms with E-state index in [-0.39, 0.29) is 17.9 Å². The first kappa shape index (κ1) is 20.9. The Morgan fingerprint density at radius 3 is 2.53 bits per heavy atom. The third kappa shape index (κ3) is 4.69. The third-order valence-electron chi connectivity index (χ3n) is 6.25. The summed E-state index contributed by atoms with van der Waals surface area (Å²) in [5, 5.41) is 2.97. The Hall–Kier alpha value is -2.35. The van der Waals surface area contributed by atoms with Crippen LogP contribution in [0.3, 0.4) is 0 Å². The number of hydrogen-bond donors (Lipinski definition) is 0. The number of hydrogen-bond acceptors (Lipinski definition) is 6. The molecule has 30 heavy (non-hydrogen) atoms. The van der Waals surface area contributed by atoms with E-state index in [0.717, 1.165) is 68.1 Å². The predicted molar refractivity (Wildman–Crippen MR) is 115 cm³/mol. The minimum absolute atomic E-state index is 0.00962. The number of carbonyl (C=O) groups excluding carboxylic acids is 2. The summed E-state index contributed by atoms with van der Waals surface area (Å²) in [5.41, 5.74) is 2.11. The molecule has 4 rings (SSSR count). The zero-order valence-electron chi connectivity index (χ0n) is 17.7. The highest BCUT2D eigenvalue weighted by molar-refractivity contribution is 7.09. The van der Waals surface area contributed by atoms with Crippen molar-refractivity contribution in [3.63, 3.8) is 0 Å². The maximum Gasteiger partial charge on any atom is 0.274 e. The summed E-state index contributed by atoms with van der Waals surface area (Å²) in [5.74, 6) is 0.577. The number of aryl methyl sites for hydroxylation is 2. The van der Waals surface area contributed by atoms with Gasteiger partial charge in [-0.1, -0.05) is 0 Å². The first-order chi connectivity index (χ1) is 14.5. The fraction of sp³-hybridized carbons (Fsp3) is 0.591. The molecule has 2 aliphatic rings. The van der Waals surface area contributed by atoms with Crippen molar-refractivity contribution in [1.82, 2.24) is 24.8 Å². The maximum atomic E-state index is 13.1. The standard InChI is InChI=1S/C22H29N5O2S/c1-15-12-24-19(13-23-15)22(29)27-8-4-3-5-20(27)17-6-9-26(10-7-17)21(28)11-18-14-30-16(2)25-18/h12-14,17,20H,3-11H2,1-2H3/t20-/m1/s1. The van der Waals surface area contributed by atoms with E-state index in [0.29, 0.717) is 18.0 Å². The lowest BCUT2D eigenvalue weighted by molar-refractivity contribution is -0.132. The van der Waals surface area contributed by atoms with Crippen molar-refractivity contribution < 1.29 is 9.59 Å². The molecule has 0 bridgehead atoms. The summed E-state index contributed by atoms with van der Waals surface area (Å²) in [6.45, 7) is 6.13. The fourth-order valence-electron chi connectivity index (χ4n) is 4.64. The molecule has 2 aliphatic heterocycles. The molecule has 0 N–H and O–H groups in total. The molecular weight excluding hydrogens is 398 g/mol. The van der Waals surface area contributed by atoms with Crippen LogP contribution in [0.25, 0.3) is 0 Å². The molecule has 2 aromatic rings. The smallest absolute Gasteiger partial charge is 0.274 e. The van der Waals surface area contributed by atoms with Gasteiger partial charge in [0, 0.05) is 37.3 Å². The summed E-state index contributed by atoms with van der Waals surface area (Å²) in [6, 6.07) is 0.229. The molecule has 160 valence electrons. The van der Waals surface area contributed by atoms with E-state index in [1.54, 1.807) is 23.7 Å². The van der Waals surface area contributed by atoms with Gasteiger partial charge in [0.25, 0.3) is 5.91 Å². The van der Waals surface area contributed by atoms with Gasteiger partial charge in [0.15, 0.2) is 0 Å². The monoisotopic (exact) mass is 427 g/mol. The molecule has 0 spiro atoms. The van der Waals surface area contributed by atoms with E-state index in [1.165, 1.54) is 0 Å². The predicted octanol–water partition coefficient (Wildman–Crippen LogP) is 3.03. The Morgan fingerprint density at radius 2 is 1.87 bits per heavy atom. The average Bonchev–Trinajstić information content (AvgIpc) is 3.18. The number of amides is 2. The van der Waals surface area contributed by atoms with Crippen LogP contribution < -0.4 is 0 Å². The highest BCUT2D eigenvalue weighted by Crippen LogP contribution is 2.31. The number of rotatable bonds is 4. The summed E-state index contributed by atoms with van der Waals surface area (Å²) in [6.07, 6.45) is 8.72. The third-order valence-corrected chi connectivity index (χ3v) is 7.07. The van der Waals surface area contributed by atoms with Gasteiger partial charge in [-0.2, -0.15) is 0 Å². The fourth-order valence-corrected chi connectivity index (χ4v) is 5.25. The van der Waals surface area contributed by atoms with Gasteiger partial charge in [-0.25, -0.2) is 9.97 Å². The molecule has 0 radical (unpaired) electrons. The zero-order valence-corrected chi connectivity index (χ0v) is 18.5. The molecule has 8 heteroatoms. The molecule has 2 aromatic heterocycles. The molecule has 4 heterocycles. The number of likely N-dealkylation sites (tertiary alicyclic amines) is 2. The van der Waals surface area contributed by atoms with Crippen LogP contribution in [0.15, 0.2) is 17.8 Å². The number of thiazole rings is 1.